The number of hydrogen-bond acceptors (Lipinski definition) is 3. The van der Waals surface area contributed by atoms with Crippen LogP contribution in [0.1, 0.15) is 18.5 Å². The Morgan fingerprint density at radius 1 is 1.33 bits per heavy atom. The second-order valence-corrected chi connectivity index (χ2v) is 3.84. The molecule has 3 nitrogen and oxygen atoms in total. The zero-order chi connectivity index (χ0) is 10.6. The molecule has 0 N–H and O–H groups in total. The van der Waals surface area contributed by atoms with Crippen LogP contribution >= 0.6 is 11.6 Å². The van der Waals surface area contributed by atoms with Crippen LogP contribution in [-0.2, 0) is 15.3 Å². The predicted octanol–water partition coefficient (Wildman–Crippen LogP) is 2.30. The first-order chi connectivity index (χ1) is 7.37. The maximum atomic E-state index is 5.70. The van der Waals surface area contributed by atoms with Crippen LogP contribution < -0.4 is 0 Å². The van der Waals surface area contributed by atoms with Crippen molar-refractivity contribution in [2.24, 2.45) is 0 Å². The van der Waals surface area contributed by atoms with E-state index >= 15 is 0 Å². The number of aromatic nitrogens is 1. The summed E-state index contributed by atoms with van der Waals surface area (Å²) in [7, 11) is 0. The Morgan fingerprint density at radius 2 is 2.13 bits per heavy atom. The van der Waals surface area contributed by atoms with Crippen LogP contribution in [0.4, 0.5) is 0 Å². The Kier molecular flexibility index (Phi) is 3.57. The Balaban J connectivity index is 2.19. The summed E-state index contributed by atoms with van der Waals surface area (Å²) < 4.78 is 11.4. The topological polar surface area (TPSA) is 31.4 Å². The molecule has 0 aromatic carbocycles. The third-order valence-corrected chi connectivity index (χ3v) is 2.72. The minimum atomic E-state index is -0.657. The van der Waals surface area contributed by atoms with Gasteiger partial charge in [-0.3, -0.25) is 4.98 Å². The van der Waals surface area contributed by atoms with Gasteiger partial charge in [-0.1, -0.05) is 6.07 Å². The summed E-state index contributed by atoms with van der Waals surface area (Å²) in [4.78, 5) is 4.29. The van der Waals surface area contributed by atoms with Crippen LogP contribution in [0.15, 0.2) is 24.4 Å². The molecule has 1 saturated heterocycles. The van der Waals surface area contributed by atoms with Gasteiger partial charge in [0.2, 0.25) is 5.79 Å². The van der Waals surface area contributed by atoms with Crippen molar-refractivity contribution in [3.8, 4) is 0 Å². The highest BCUT2D eigenvalue weighted by Gasteiger charge is 2.39. The van der Waals surface area contributed by atoms with E-state index in [2.05, 4.69) is 4.98 Å². The normalized spacial score (nSPS) is 19.3. The largest absolute Gasteiger partial charge is 0.342 e. The zero-order valence-corrected chi connectivity index (χ0v) is 9.24. The van der Waals surface area contributed by atoms with Crippen LogP contribution in [0.3, 0.4) is 0 Å². The van der Waals surface area contributed by atoms with E-state index < -0.39 is 5.79 Å². The minimum absolute atomic E-state index is 0.612. The highest BCUT2D eigenvalue weighted by molar-refractivity contribution is 6.17. The van der Waals surface area contributed by atoms with Gasteiger partial charge in [0.15, 0.2) is 0 Å². The molecule has 0 amide bonds. The first-order valence-corrected chi connectivity index (χ1v) is 5.66. The number of halogens is 1. The predicted molar refractivity (Wildman–Crippen MR) is 57.8 cm³/mol. The molecule has 2 heterocycles. The lowest BCUT2D eigenvalue weighted by molar-refractivity contribution is -0.173. The monoisotopic (exact) mass is 227 g/mol. The molecule has 1 aromatic heterocycles. The summed E-state index contributed by atoms with van der Waals surface area (Å²) in [6.45, 7) is 1.25. The van der Waals surface area contributed by atoms with Gasteiger partial charge < -0.3 is 9.47 Å². The van der Waals surface area contributed by atoms with Gasteiger partial charge in [-0.2, -0.15) is 0 Å². The SMILES string of the molecule is ClCCCC1(c2ccccn2)OCCO1. The van der Waals surface area contributed by atoms with Gasteiger partial charge in [0.25, 0.3) is 0 Å². The molecule has 4 heteroatoms. The number of rotatable bonds is 4. The van der Waals surface area contributed by atoms with E-state index in [9.17, 15) is 0 Å². The lowest BCUT2D eigenvalue weighted by Gasteiger charge is -2.26. The molecule has 1 aromatic rings. The van der Waals surface area contributed by atoms with E-state index in [0.717, 1.165) is 18.5 Å². The molecule has 0 spiro atoms. The van der Waals surface area contributed by atoms with Gasteiger partial charge in [-0.25, -0.2) is 0 Å². The Labute approximate surface area is 94.4 Å². The Hall–Kier alpha value is -0.640. The summed E-state index contributed by atoms with van der Waals surface area (Å²) in [5.41, 5.74) is 0.840. The molecule has 0 radical (unpaired) electrons. The first kappa shape index (κ1) is 10.9. The molecule has 2 rings (SSSR count). The van der Waals surface area contributed by atoms with Gasteiger partial charge in [0.1, 0.15) is 0 Å². The molecule has 0 atom stereocenters. The fourth-order valence-electron chi connectivity index (χ4n) is 1.76. The van der Waals surface area contributed by atoms with E-state index in [4.69, 9.17) is 21.1 Å². The Bertz CT molecular complexity index is 299. The second-order valence-electron chi connectivity index (χ2n) is 3.46. The maximum Gasteiger partial charge on any atom is 0.212 e. The van der Waals surface area contributed by atoms with E-state index in [-0.39, 0.29) is 0 Å². The molecule has 0 saturated carbocycles. The van der Waals surface area contributed by atoms with Crippen molar-refractivity contribution in [3.63, 3.8) is 0 Å². The lowest BCUT2D eigenvalue weighted by Crippen LogP contribution is -2.28. The molecule has 1 fully saturated rings. The third kappa shape index (κ3) is 2.30. The van der Waals surface area contributed by atoms with Gasteiger partial charge in [-0.15, -0.1) is 11.6 Å². The van der Waals surface area contributed by atoms with Gasteiger partial charge in [0.05, 0.1) is 18.9 Å². The molecule has 0 unspecified atom stereocenters. The summed E-state index contributed by atoms with van der Waals surface area (Å²) in [5.74, 6) is -0.0442. The standard InChI is InChI=1S/C11H14ClNO2/c12-6-3-5-11(14-8-9-15-11)10-4-1-2-7-13-10/h1-2,4,7H,3,5-6,8-9H2. The van der Waals surface area contributed by atoms with E-state index in [1.165, 1.54) is 0 Å². The lowest BCUT2D eigenvalue weighted by atomic mass is 10.1. The van der Waals surface area contributed by atoms with Crippen LogP contribution in [0, 0.1) is 0 Å². The third-order valence-electron chi connectivity index (χ3n) is 2.45. The molecule has 0 aliphatic carbocycles. The number of nitrogens with zero attached hydrogens (tertiary/aromatic N) is 1. The van der Waals surface area contributed by atoms with Gasteiger partial charge >= 0.3 is 0 Å². The van der Waals surface area contributed by atoms with Crippen molar-refractivity contribution in [1.82, 2.24) is 4.98 Å². The van der Waals surface area contributed by atoms with Gasteiger partial charge in [0, 0.05) is 18.5 Å². The number of ether oxygens (including phenoxy) is 2. The molecule has 15 heavy (non-hydrogen) atoms. The van der Waals surface area contributed by atoms with Crippen LogP contribution in [-0.4, -0.2) is 24.1 Å². The average molecular weight is 228 g/mol. The molecule has 1 aliphatic rings. The number of alkyl halides is 1. The van der Waals surface area contributed by atoms with Crippen LogP contribution in [0.2, 0.25) is 0 Å². The molecular formula is C11H14ClNO2. The zero-order valence-electron chi connectivity index (χ0n) is 8.49. The van der Waals surface area contributed by atoms with Crippen LogP contribution in [0.5, 0.6) is 0 Å². The van der Waals surface area contributed by atoms with E-state index in [0.29, 0.717) is 19.1 Å². The minimum Gasteiger partial charge on any atom is -0.342 e. The quantitative estimate of drug-likeness (QED) is 0.740. The van der Waals surface area contributed by atoms with Crippen molar-refractivity contribution in [3.05, 3.63) is 30.1 Å². The van der Waals surface area contributed by atoms with Crippen molar-refractivity contribution in [2.75, 3.05) is 19.1 Å². The van der Waals surface area contributed by atoms with Crippen molar-refractivity contribution in [1.29, 1.82) is 0 Å². The Morgan fingerprint density at radius 3 is 2.73 bits per heavy atom. The first-order valence-electron chi connectivity index (χ1n) is 5.13. The van der Waals surface area contributed by atoms with E-state index in [1.807, 2.05) is 18.2 Å². The summed E-state index contributed by atoms with van der Waals surface area (Å²) in [6, 6.07) is 5.75. The summed E-state index contributed by atoms with van der Waals surface area (Å²) in [5, 5.41) is 0. The fraction of sp³-hybridized carbons (Fsp3) is 0.545. The van der Waals surface area contributed by atoms with Crippen molar-refractivity contribution in [2.45, 2.75) is 18.6 Å². The average Bonchev–Trinajstić information content (AvgIpc) is 2.78. The summed E-state index contributed by atoms with van der Waals surface area (Å²) >= 11 is 5.70. The highest BCUT2D eigenvalue weighted by atomic mass is 35.5. The summed E-state index contributed by atoms with van der Waals surface area (Å²) in [6.07, 6.45) is 3.37. The van der Waals surface area contributed by atoms with Gasteiger partial charge in [-0.05, 0) is 18.6 Å². The maximum absolute atomic E-state index is 5.70. The molecule has 1 aliphatic heterocycles. The fourth-order valence-corrected chi connectivity index (χ4v) is 1.90. The molecular weight excluding hydrogens is 214 g/mol. The number of hydrogen-bond donors (Lipinski definition) is 0. The van der Waals surface area contributed by atoms with Crippen molar-refractivity contribution >= 4 is 11.6 Å². The smallest absolute Gasteiger partial charge is 0.212 e. The van der Waals surface area contributed by atoms with Crippen LogP contribution in [0.25, 0.3) is 0 Å². The molecule has 0 bridgehead atoms. The van der Waals surface area contributed by atoms with Crippen molar-refractivity contribution < 1.29 is 9.47 Å². The highest BCUT2D eigenvalue weighted by Crippen LogP contribution is 2.34. The van der Waals surface area contributed by atoms with E-state index in [1.54, 1.807) is 6.20 Å². The number of pyridine rings is 1. The molecule has 82 valence electrons. The second kappa shape index (κ2) is 4.92.